The number of aliphatic carboxylic acids is 1. The Morgan fingerprint density at radius 2 is 1.75 bits per heavy atom. The molecule has 4 N–H and O–H groups in total. The van der Waals surface area contributed by atoms with Crippen molar-refractivity contribution in [2.45, 2.75) is 18.6 Å². The van der Waals surface area contributed by atoms with Crippen LogP contribution in [0, 0.1) is 5.82 Å². The Bertz CT molecular complexity index is 706. The number of hydrogen-bond acceptors (Lipinski definition) is 4. The molecule has 6 heteroatoms. The minimum Gasteiger partial charge on any atom is -0.480 e. The van der Waals surface area contributed by atoms with Gasteiger partial charge < -0.3 is 15.6 Å². The van der Waals surface area contributed by atoms with Gasteiger partial charge in [0.15, 0.2) is 0 Å². The van der Waals surface area contributed by atoms with E-state index >= 15 is 0 Å². The second kappa shape index (κ2) is 8.24. The molecule has 0 bridgehead atoms. The smallest absolute Gasteiger partial charge is 0.322 e. The lowest BCUT2D eigenvalue weighted by Gasteiger charge is -2.20. The minimum absolute atomic E-state index is 0.0210. The highest BCUT2D eigenvalue weighted by Gasteiger charge is 2.22. The van der Waals surface area contributed by atoms with E-state index in [1.165, 1.54) is 18.2 Å². The van der Waals surface area contributed by atoms with E-state index in [0.717, 1.165) is 0 Å². The van der Waals surface area contributed by atoms with E-state index in [4.69, 9.17) is 0 Å². The second-order valence-corrected chi connectivity index (χ2v) is 5.32. The molecule has 0 aromatic heterocycles. The first-order chi connectivity index (χ1) is 11.5. The molecule has 2 rings (SSSR count). The van der Waals surface area contributed by atoms with Crippen molar-refractivity contribution < 1.29 is 19.4 Å². The molecule has 0 heterocycles. The number of carboxylic acids is 1. The number of rotatable bonds is 8. The number of hydrazine groups is 1. The second-order valence-electron chi connectivity index (χ2n) is 5.32. The average molecular weight is 330 g/mol. The lowest BCUT2D eigenvalue weighted by molar-refractivity contribution is -0.139. The molecule has 0 fully saturated rings. The van der Waals surface area contributed by atoms with Crippen molar-refractivity contribution in [1.82, 2.24) is 5.43 Å². The summed E-state index contributed by atoms with van der Waals surface area (Å²) in [5.41, 5.74) is 6.22. The number of aliphatic hydroxyl groups is 1. The predicted octanol–water partition coefficient (Wildman–Crippen LogP) is 2.88. The minimum atomic E-state index is -1.14. The zero-order valence-electron chi connectivity index (χ0n) is 12.9. The molecule has 5 nitrogen and oxygen atoms in total. The fourth-order valence-electron chi connectivity index (χ4n) is 2.17. The molecule has 0 amide bonds. The number of aliphatic hydroxyl groups excluding tert-OH is 1. The molecule has 0 aliphatic rings. The molecule has 2 atom stereocenters. The number of para-hydroxylation sites is 1. The van der Waals surface area contributed by atoms with E-state index in [-0.39, 0.29) is 12.1 Å². The van der Waals surface area contributed by atoms with Gasteiger partial charge in [0.1, 0.15) is 11.9 Å². The van der Waals surface area contributed by atoms with Gasteiger partial charge in [-0.15, -0.1) is 0 Å². The third-order valence-electron chi connectivity index (χ3n) is 3.52. The van der Waals surface area contributed by atoms with Gasteiger partial charge >= 0.3 is 5.97 Å². The van der Waals surface area contributed by atoms with Gasteiger partial charge in [0, 0.05) is 0 Å². The van der Waals surface area contributed by atoms with Gasteiger partial charge in [-0.2, -0.15) is 0 Å². The fourth-order valence-corrected chi connectivity index (χ4v) is 2.17. The van der Waals surface area contributed by atoms with Crippen molar-refractivity contribution >= 4 is 11.7 Å². The van der Waals surface area contributed by atoms with Crippen molar-refractivity contribution in [3.63, 3.8) is 0 Å². The maximum Gasteiger partial charge on any atom is 0.322 e. The zero-order valence-corrected chi connectivity index (χ0v) is 12.9. The molecular formula is C18H19FN2O3. The number of nitrogens with one attached hydrogen (secondary N) is 2. The summed E-state index contributed by atoms with van der Waals surface area (Å²) in [7, 11) is 0. The average Bonchev–Trinajstić information content (AvgIpc) is 2.59. The first kappa shape index (κ1) is 17.7. The standard InChI is InChI=1S/C18H19FN2O3/c1-12(17(22)13-7-3-2-4-8-13)11-16(18(23)24)21-20-15-10-6-5-9-14(15)19/h2-10,16-17,20-22H,1,11H2,(H,23,24). The van der Waals surface area contributed by atoms with Crippen LogP contribution in [0.25, 0.3) is 0 Å². The number of halogens is 1. The molecule has 2 unspecified atom stereocenters. The van der Waals surface area contributed by atoms with Gasteiger partial charge in [0.05, 0.1) is 11.8 Å². The Balaban J connectivity index is 1.99. The molecule has 0 saturated heterocycles. The first-order valence-corrected chi connectivity index (χ1v) is 7.38. The number of anilines is 1. The highest BCUT2D eigenvalue weighted by Crippen LogP contribution is 2.23. The van der Waals surface area contributed by atoms with Gasteiger partial charge in [-0.1, -0.05) is 49.0 Å². The van der Waals surface area contributed by atoms with Crippen molar-refractivity contribution in [1.29, 1.82) is 0 Å². The van der Waals surface area contributed by atoms with Crippen molar-refractivity contribution in [2.75, 3.05) is 5.43 Å². The van der Waals surface area contributed by atoms with Crippen LogP contribution in [0.3, 0.4) is 0 Å². The van der Waals surface area contributed by atoms with Crippen LogP contribution in [0.4, 0.5) is 10.1 Å². The Morgan fingerprint density at radius 3 is 2.38 bits per heavy atom. The SMILES string of the molecule is C=C(CC(NNc1ccccc1F)C(=O)O)C(O)c1ccccc1. The van der Waals surface area contributed by atoms with Crippen molar-refractivity contribution in [2.24, 2.45) is 0 Å². The van der Waals surface area contributed by atoms with Gasteiger partial charge in [-0.05, 0) is 29.7 Å². The van der Waals surface area contributed by atoms with Gasteiger partial charge in [-0.3, -0.25) is 4.79 Å². The lowest BCUT2D eigenvalue weighted by atomic mass is 9.97. The maximum absolute atomic E-state index is 13.5. The molecule has 2 aromatic rings. The van der Waals surface area contributed by atoms with Crippen LogP contribution in [-0.2, 0) is 4.79 Å². The van der Waals surface area contributed by atoms with Crippen molar-refractivity contribution in [3.05, 3.63) is 78.1 Å². The summed E-state index contributed by atoms with van der Waals surface area (Å²) < 4.78 is 13.5. The molecule has 0 radical (unpaired) electrons. The lowest BCUT2D eigenvalue weighted by Crippen LogP contribution is -2.41. The first-order valence-electron chi connectivity index (χ1n) is 7.38. The van der Waals surface area contributed by atoms with Crippen LogP contribution >= 0.6 is 0 Å². The van der Waals surface area contributed by atoms with Crippen molar-refractivity contribution in [3.8, 4) is 0 Å². The Kier molecular flexibility index (Phi) is 6.06. The predicted molar refractivity (Wildman–Crippen MR) is 89.7 cm³/mol. The van der Waals surface area contributed by atoms with Crippen LogP contribution in [0.2, 0.25) is 0 Å². The summed E-state index contributed by atoms with van der Waals surface area (Å²) in [6, 6.07) is 13.7. The topological polar surface area (TPSA) is 81.6 Å². The van der Waals surface area contributed by atoms with Gasteiger partial charge in [0.25, 0.3) is 0 Å². The summed E-state index contributed by atoms with van der Waals surface area (Å²) in [5, 5.41) is 19.6. The van der Waals surface area contributed by atoms with Crippen LogP contribution in [0.5, 0.6) is 0 Å². The molecule has 0 saturated carbocycles. The van der Waals surface area contributed by atoms with E-state index in [9.17, 15) is 19.4 Å². The monoisotopic (exact) mass is 330 g/mol. The summed E-state index contributed by atoms with van der Waals surface area (Å²) in [6.45, 7) is 3.77. The summed E-state index contributed by atoms with van der Waals surface area (Å²) in [6.07, 6.45) is -0.990. The molecule has 126 valence electrons. The summed E-state index contributed by atoms with van der Waals surface area (Å²) in [5.74, 6) is -1.64. The largest absolute Gasteiger partial charge is 0.480 e. The molecule has 0 spiro atoms. The van der Waals surface area contributed by atoms with Crippen LogP contribution in [0.1, 0.15) is 18.1 Å². The van der Waals surface area contributed by atoms with Gasteiger partial charge in [-0.25, -0.2) is 9.82 Å². The Morgan fingerprint density at radius 1 is 1.12 bits per heavy atom. The summed E-state index contributed by atoms with van der Waals surface area (Å²) in [4.78, 5) is 11.4. The highest BCUT2D eigenvalue weighted by atomic mass is 19.1. The van der Waals surface area contributed by atoms with Crippen LogP contribution in [-0.4, -0.2) is 22.2 Å². The van der Waals surface area contributed by atoms with E-state index in [1.54, 1.807) is 30.3 Å². The normalized spacial score (nSPS) is 13.1. The Hall–Kier alpha value is -2.70. The maximum atomic E-state index is 13.5. The van der Waals surface area contributed by atoms with E-state index < -0.39 is 23.9 Å². The third kappa shape index (κ3) is 4.65. The fraction of sp³-hybridized carbons (Fsp3) is 0.167. The molecule has 0 aliphatic heterocycles. The zero-order chi connectivity index (χ0) is 17.5. The number of hydrogen-bond donors (Lipinski definition) is 4. The number of benzene rings is 2. The van der Waals surface area contributed by atoms with Crippen LogP contribution in [0.15, 0.2) is 66.7 Å². The number of carboxylic acid groups (broad SMARTS) is 1. The molecule has 2 aromatic carbocycles. The number of carbonyl (C=O) groups is 1. The highest BCUT2D eigenvalue weighted by molar-refractivity contribution is 5.74. The molecule has 0 aliphatic carbocycles. The van der Waals surface area contributed by atoms with Crippen LogP contribution < -0.4 is 10.9 Å². The molecular weight excluding hydrogens is 311 g/mol. The quantitative estimate of drug-likeness (QED) is 0.442. The van der Waals surface area contributed by atoms with Gasteiger partial charge in [0.2, 0.25) is 0 Å². The van der Waals surface area contributed by atoms with E-state index in [2.05, 4.69) is 17.4 Å². The molecule has 24 heavy (non-hydrogen) atoms. The van der Waals surface area contributed by atoms with E-state index in [1.807, 2.05) is 6.07 Å². The Labute approximate surface area is 139 Å². The van der Waals surface area contributed by atoms with E-state index in [0.29, 0.717) is 11.1 Å². The third-order valence-corrected chi connectivity index (χ3v) is 3.52. The summed E-state index contributed by atoms with van der Waals surface area (Å²) >= 11 is 0.